The third-order valence-corrected chi connectivity index (χ3v) is 5.05. The molecule has 26 heavy (non-hydrogen) atoms. The van der Waals surface area contributed by atoms with Gasteiger partial charge in [0.15, 0.2) is 0 Å². The Labute approximate surface area is 153 Å². The monoisotopic (exact) mass is 344 g/mol. The van der Waals surface area contributed by atoms with Crippen molar-refractivity contribution in [2.75, 3.05) is 7.11 Å². The summed E-state index contributed by atoms with van der Waals surface area (Å²) in [5.41, 5.74) is 2.38. The molecule has 1 aliphatic heterocycles. The van der Waals surface area contributed by atoms with E-state index in [0.717, 1.165) is 22.4 Å². The number of carbonyl (C=O) groups excluding carboxylic acids is 1. The Morgan fingerprint density at radius 1 is 0.923 bits per heavy atom. The van der Waals surface area contributed by atoms with E-state index in [-0.39, 0.29) is 5.97 Å². The van der Waals surface area contributed by atoms with Crippen LogP contribution in [-0.2, 0) is 23.1 Å². The fourth-order valence-electron chi connectivity index (χ4n) is 3.65. The van der Waals surface area contributed by atoms with Gasteiger partial charge in [-0.3, -0.25) is 4.79 Å². The number of ether oxygens (including phenoxy) is 2. The molecular weight excluding hydrogens is 324 g/mol. The van der Waals surface area contributed by atoms with Gasteiger partial charge in [-0.25, -0.2) is 0 Å². The van der Waals surface area contributed by atoms with E-state index in [1.54, 1.807) is 7.11 Å². The van der Waals surface area contributed by atoms with E-state index >= 15 is 0 Å². The second kappa shape index (κ2) is 6.68. The van der Waals surface area contributed by atoms with Gasteiger partial charge in [-0.1, -0.05) is 60.7 Å². The zero-order chi connectivity index (χ0) is 18.0. The number of carbonyl (C=O) groups is 1. The highest BCUT2D eigenvalue weighted by Crippen LogP contribution is 2.40. The normalized spacial score (nSPS) is 18.7. The van der Waals surface area contributed by atoms with E-state index < -0.39 is 5.41 Å². The summed E-state index contributed by atoms with van der Waals surface area (Å²) in [5, 5.41) is 0. The lowest BCUT2D eigenvalue weighted by Crippen LogP contribution is -2.46. The molecule has 0 saturated heterocycles. The van der Waals surface area contributed by atoms with Crippen molar-refractivity contribution in [2.24, 2.45) is 0 Å². The predicted molar refractivity (Wildman–Crippen MR) is 101 cm³/mol. The lowest BCUT2D eigenvalue weighted by atomic mass is 9.70. The van der Waals surface area contributed by atoms with Crippen molar-refractivity contribution in [3.63, 3.8) is 0 Å². The first-order chi connectivity index (χ1) is 12.7. The SMILES string of the molecule is COc1ccc(CC2(c3ccccc3)Cc3ccccc3OC2=O)cc1. The standard InChI is InChI=1S/C23H20O3/c1-25-20-13-11-17(12-14-20)15-23(19-8-3-2-4-9-19)16-18-7-5-6-10-21(18)26-22(23)24/h2-14H,15-16H2,1H3. The van der Waals surface area contributed by atoms with Gasteiger partial charge in [-0.05, 0) is 47.7 Å². The van der Waals surface area contributed by atoms with Crippen LogP contribution in [0.25, 0.3) is 0 Å². The molecule has 0 aliphatic carbocycles. The van der Waals surface area contributed by atoms with Gasteiger partial charge in [-0.15, -0.1) is 0 Å². The van der Waals surface area contributed by atoms with Gasteiger partial charge < -0.3 is 9.47 Å². The summed E-state index contributed by atoms with van der Waals surface area (Å²) in [6.45, 7) is 0. The quantitative estimate of drug-likeness (QED) is 0.522. The fourth-order valence-corrected chi connectivity index (χ4v) is 3.65. The molecule has 4 rings (SSSR count). The average Bonchev–Trinajstić information content (AvgIpc) is 2.70. The number of esters is 1. The summed E-state index contributed by atoms with van der Waals surface area (Å²) in [6, 6.07) is 25.6. The van der Waals surface area contributed by atoms with Crippen LogP contribution >= 0.6 is 0 Å². The van der Waals surface area contributed by atoms with Crippen LogP contribution in [0.15, 0.2) is 78.9 Å². The number of rotatable bonds is 4. The topological polar surface area (TPSA) is 35.5 Å². The molecule has 1 unspecified atom stereocenters. The van der Waals surface area contributed by atoms with Crippen molar-refractivity contribution >= 4 is 5.97 Å². The van der Waals surface area contributed by atoms with Crippen LogP contribution in [0, 0.1) is 0 Å². The van der Waals surface area contributed by atoms with E-state index in [9.17, 15) is 4.79 Å². The van der Waals surface area contributed by atoms with E-state index in [2.05, 4.69) is 0 Å². The van der Waals surface area contributed by atoms with Crippen LogP contribution < -0.4 is 9.47 Å². The number of methoxy groups -OCH3 is 1. The van der Waals surface area contributed by atoms with E-state index in [1.807, 2.05) is 78.9 Å². The van der Waals surface area contributed by atoms with Crippen molar-refractivity contribution in [2.45, 2.75) is 18.3 Å². The van der Waals surface area contributed by atoms with Crippen LogP contribution in [0.5, 0.6) is 11.5 Å². The molecule has 1 aliphatic rings. The van der Waals surface area contributed by atoms with Crippen LogP contribution in [-0.4, -0.2) is 13.1 Å². The Morgan fingerprint density at radius 3 is 2.35 bits per heavy atom. The summed E-state index contributed by atoms with van der Waals surface area (Å²) in [5.74, 6) is 1.27. The van der Waals surface area contributed by atoms with Gasteiger partial charge in [-0.2, -0.15) is 0 Å². The lowest BCUT2D eigenvalue weighted by Gasteiger charge is -2.36. The number of fused-ring (bicyclic) bond motifs is 1. The molecule has 1 heterocycles. The molecule has 3 aromatic rings. The molecule has 1 atom stereocenters. The highest BCUT2D eigenvalue weighted by molar-refractivity contribution is 5.88. The smallest absolute Gasteiger partial charge is 0.322 e. The molecule has 3 aromatic carbocycles. The number of para-hydroxylation sites is 1. The molecular formula is C23H20O3. The maximum absolute atomic E-state index is 13.2. The van der Waals surface area contributed by atoms with Gasteiger partial charge in [0.25, 0.3) is 0 Å². The summed E-state index contributed by atoms with van der Waals surface area (Å²) in [7, 11) is 1.65. The molecule has 0 N–H and O–H groups in total. The Kier molecular flexibility index (Phi) is 4.21. The van der Waals surface area contributed by atoms with Crippen molar-refractivity contribution in [1.82, 2.24) is 0 Å². The van der Waals surface area contributed by atoms with Gasteiger partial charge in [0.1, 0.15) is 16.9 Å². The highest BCUT2D eigenvalue weighted by Gasteiger charge is 2.45. The maximum Gasteiger partial charge on any atom is 0.322 e. The van der Waals surface area contributed by atoms with E-state index in [0.29, 0.717) is 18.6 Å². The van der Waals surface area contributed by atoms with Gasteiger partial charge in [0.05, 0.1) is 7.11 Å². The van der Waals surface area contributed by atoms with E-state index in [4.69, 9.17) is 9.47 Å². The Hall–Kier alpha value is -3.07. The molecule has 0 fully saturated rings. The molecule has 130 valence electrons. The largest absolute Gasteiger partial charge is 0.497 e. The fraction of sp³-hybridized carbons (Fsp3) is 0.174. The minimum atomic E-state index is -0.732. The van der Waals surface area contributed by atoms with Crippen LogP contribution in [0.1, 0.15) is 16.7 Å². The molecule has 0 amide bonds. The number of benzene rings is 3. The van der Waals surface area contributed by atoms with E-state index in [1.165, 1.54) is 0 Å². The third-order valence-electron chi connectivity index (χ3n) is 5.05. The van der Waals surface area contributed by atoms with Crippen molar-refractivity contribution < 1.29 is 14.3 Å². The van der Waals surface area contributed by atoms with Crippen LogP contribution in [0.4, 0.5) is 0 Å². The predicted octanol–water partition coefficient (Wildman–Crippen LogP) is 4.34. The average molecular weight is 344 g/mol. The van der Waals surface area contributed by atoms with Crippen molar-refractivity contribution in [1.29, 1.82) is 0 Å². The molecule has 0 aromatic heterocycles. The number of hydrogen-bond acceptors (Lipinski definition) is 3. The summed E-state index contributed by atoms with van der Waals surface area (Å²) >= 11 is 0. The first-order valence-electron chi connectivity index (χ1n) is 8.70. The Bertz CT molecular complexity index is 916. The van der Waals surface area contributed by atoms with Crippen LogP contribution in [0.3, 0.4) is 0 Å². The summed E-state index contributed by atoms with van der Waals surface area (Å²) in [4.78, 5) is 13.2. The molecule has 0 radical (unpaired) electrons. The number of hydrogen-bond donors (Lipinski definition) is 0. The molecule has 0 saturated carbocycles. The second-order valence-electron chi connectivity index (χ2n) is 6.65. The van der Waals surface area contributed by atoms with Gasteiger partial charge in [0.2, 0.25) is 0 Å². The zero-order valence-corrected chi connectivity index (χ0v) is 14.6. The van der Waals surface area contributed by atoms with Crippen molar-refractivity contribution in [3.8, 4) is 11.5 Å². The molecule has 3 nitrogen and oxygen atoms in total. The maximum atomic E-state index is 13.2. The molecule has 3 heteroatoms. The summed E-state index contributed by atoms with van der Waals surface area (Å²) < 4.78 is 11.0. The van der Waals surface area contributed by atoms with Gasteiger partial charge >= 0.3 is 5.97 Å². The van der Waals surface area contributed by atoms with Gasteiger partial charge in [0, 0.05) is 0 Å². The summed E-state index contributed by atoms with van der Waals surface area (Å²) in [6.07, 6.45) is 1.20. The minimum absolute atomic E-state index is 0.196. The highest BCUT2D eigenvalue weighted by atomic mass is 16.5. The van der Waals surface area contributed by atoms with Crippen LogP contribution in [0.2, 0.25) is 0 Å². The Balaban J connectivity index is 1.79. The molecule has 0 spiro atoms. The first kappa shape index (κ1) is 16.4. The molecule has 0 bridgehead atoms. The zero-order valence-electron chi connectivity index (χ0n) is 14.6. The third kappa shape index (κ3) is 2.86. The lowest BCUT2D eigenvalue weighted by molar-refractivity contribution is -0.142. The second-order valence-corrected chi connectivity index (χ2v) is 6.65. The van der Waals surface area contributed by atoms with Crippen molar-refractivity contribution in [3.05, 3.63) is 95.6 Å². The first-order valence-corrected chi connectivity index (χ1v) is 8.70. The Morgan fingerprint density at radius 2 is 1.62 bits per heavy atom. The minimum Gasteiger partial charge on any atom is -0.497 e.